The van der Waals surface area contributed by atoms with Gasteiger partial charge < -0.3 is 19.2 Å². The normalized spacial score (nSPS) is 11.0. The highest BCUT2D eigenvalue weighted by molar-refractivity contribution is 9.10. The standard InChI is InChI=1S/C17H15BrCl2N2O2S/c1-23-6-7-24-15-5-2-10(8-11(15)18)25-22-14-4-3-12(19)16-13(20)9-21-17(14)16/h2-5,8-9,21-22H,6-7H2,1H3. The second kappa shape index (κ2) is 8.56. The molecule has 3 aromatic rings. The average Bonchev–Trinajstić information content (AvgIpc) is 2.99. The average molecular weight is 462 g/mol. The summed E-state index contributed by atoms with van der Waals surface area (Å²) in [6, 6.07) is 9.65. The number of anilines is 1. The van der Waals surface area contributed by atoms with Crippen molar-refractivity contribution in [1.82, 2.24) is 4.98 Å². The highest BCUT2D eigenvalue weighted by Gasteiger charge is 2.11. The molecular formula is C17H15BrCl2N2O2S. The van der Waals surface area contributed by atoms with Gasteiger partial charge in [0.2, 0.25) is 0 Å². The molecule has 2 N–H and O–H groups in total. The number of methoxy groups -OCH3 is 1. The van der Waals surface area contributed by atoms with Gasteiger partial charge >= 0.3 is 0 Å². The number of aromatic amines is 1. The van der Waals surface area contributed by atoms with E-state index >= 15 is 0 Å². The molecular weight excluding hydrogens is 447 g/mol. The largest absolute Gasteiger partial charge is 0.490 e. The molecule has 0 atom stereocenters. The maximum absolute atomic E-state index is 6.22. The zero-order valence-corrected chi connectivity index (χ0v) is 17.2. The molecule has 132 valence electrons. The molecule has 0 saturated heterocycles. The molecule has 8 heteroatoms. The second-order valence-electron chi connectivity index (χ2n) is 5.12. The van der Waals surface area contributed by atoms with Crippen LogP contribution in [0.25, 0.3) is 10.9 Å². The minimum atomic E-state index is 0.510. The minimum absolute atomic E-state index is 0.510. The van der Waals surface area contributed by atoms with Crippen LogP contribution in [-0.4, -0.2) is 25.3 Å². The number of ether oxygens (including phenoxy) is 2. The Morgan fingerprint density at radius 1 is 1.16 bits per heavy atom. The Morgan fingerprint density at radius 2 is 2.00 bits per heavy atom. The van der Waals surface area contributed by atoms with E-state index < -0.39 is 0 Å². The zero-order chi connectivity index (χ0) is 17.8. The molecule has 0 spiro atoms. The van der Waals surface area contributed by atoms with Crippen molar-refractivity contribution in [2.24, 2.45) is 0 Å². The third-order valence-electron chi connectivity index (χ3n) is 3.46. The lowest BCUT2D eigenvalue weighted by atomic mass is 10.2. The van der Waals surface area contributed by atoms with Crippen LogP contribution in [0.4, 0.5) is 5.69 Å². The molecule has 1 heterocycles. The Balaban J connectivity index is 1.72. The van der Waals surface area contributed by atoms with Crippen LogP contribution >= 0.6 is 51.1 Å². The quantitative estimate of drug-likeness (QED) is 0.316. The summed E-state index contributed by atoms with van der Waals surface area (Å²) in [5, 5.41) is 2.04. The summed E-state index contributed by atoms with van der Waals surface area (Å²) in [4.78, 5) is 4.18. The summed E-state index contributed by atoms with van der Waals surface area (Å²) in [6.45, 7) is 1.06. The monoisotopic (exact) mass is 460 g/mol. The van der Waals surface area contributed by atoms with Crippen LogP contribution in [0.3, 0.4) is 0 Å². The van der Waals surface area contributed by atoms with E-state index in [-0.39, 0.29) is 0 Å². The van der Waals surface area contributed by atoms with Crippen molar-refractivity contribution in [3.8, 4) is 5.75 Å². The molecule has 0 aliphatic heterocycles. The fraction of sp³-hybridized carbons (Fsp3) is 0.176. The summed E-state index contributed by atoms with van der Waals surface area (Å²) in [5.74, 6) is 0.784. The van der Waals surface area contributed by atoms with Gasteiger partial charge in [-0.3, -0.25) is 0 Å². The molecule has 0 amide bonds. The van der Waals surface area contributed by atoms with Crippen LogP contribution in [-0.2, 0) is 4.74 Å². The highest BCUT2D eigenvalue weighted by atomic mass is 79.9. The third kappa shape index (κ3) is 4.38. The Morgan fingerprint density at radius 3 is 2.76 bits per heavy atom. The van der Waals surface area contributed by atoms with Crippen molar-refractivity contribution >= 4 is 67.7 Å². The lowest BCUT2D eigenvalue weighted by Gasteiger charge is -2.11. The van der Waals surface area contributed by atoms with Gasteiger partial charge in [0.1, 0.15) is 12.4 Å². The number of H-pyrrole nitrogens is 1. The Kier molecular flexibility index (Phi) is 6.41. The van der Waals surface area contributed by atoms with Gasteiger partial charge in [-0.25, -0.2) is 0 Å². The molecule has 0 unspecified atom stereocenters. The Hall–Kier alpha value is -1.05. The van der Waals surface area contributed by atoms with E-state index in [1.165, 1.54) is 11.9 Å². The first kappa shape index (κ1) is 18.7. The van der Waals surface area contributed by atoms with Gasteiger partial charge in [0, 0.05) is 23.6 Å². The number of fused-ring (bicyclic) bond motifs is 1. The number of aromatic nitrogens is 1. The minimum Gasteiger partial charge on any atom is -0.490 e. The molecule has 0 bridgehead atoms. The summed E-state index contributed by atoms with van der Waals surface area (Å²) >= 11 is 17.4. The number of hydrogen-bond acceptors (Lipinski definition) is 4. The van der Waals surface area contributed by atoms with Crippen molar-refractivity contribution in [3.63, 3.8) is 0 Å². The van der Waals surface area contributed by atoms with Crippen molar-refractivity contribution in [2.45, 2.75) is 4.90 Å². The first-order chi connectivity index (χ1) is 12.1. The van der Waals surface area contributed by atoms with E-state index in [1.807, 2.05) is 30.3 Å². The molecule has 4 nitrogen and oxygen atoms in total. The fourth-order valence-electron chi connectivity index (χ4n) is 2.26. The first-order valence-corrected chi connectivity index (χ1v) is 9.76. The molecule has 0 aliphatic carbocycles. The van der Waals surface area contributed by atoms with Gasteiger partial charge in [-0.1, -0.05) is 23.2 Å². The lowest BCUT2D eigenvalue weighted by molar-refractivity contribution is 0.146. The number of nitrogens with one attached hydrogen (secondary N) is 2. The number of hydrogen-bond donors (Lipinski definition) is 2. The van der Waals surface area contributed by atoms with E-state index in [0.717, 1.165) is 31.7 Å². The van der Waals surface area contributed by atoms with Crippen molar-refractivity contribution in [1.29, 1.82) is 0 Å². The Bertz CT molecular complexity index is 888. The molecule has 0 saturated carbocycles. The molecule has 3 rings (SSSR count). The predicted octanol–water partition coefficient (Wildman–Crippen LogP) is 6.38. The third-order valence-corrected chi connectivity index (χ3v) is 5.51. The van der Waals surface area contributed by atoms with E-state index in [2.05, 4.69) is 25.6 Å². The summed E-state index contributed by atoms with van der Waals surface area (Å²) < 4.78 is 14.8. The maximum atomic E-state index is 6.22. The van der Waals surface area contributed by atoms with Gasteiger partial charge in [0.15, 0.2) is 0 Å². The predicted molar refractivity (Wildman–Crippen MR) is 109 cm³/mol. The van der Waals surface area contributed by atoms with Crippen LogP contribution < -0.4 is 9.46 Å². The van der Waals surface area contributed by atoms with Crippen LogP contribution in [0.5, 0.6) is 5.75 Å². The van der Waals surface area contributed by atoms with Crippen LogP contribution in [0.1, 0.15) is 0 Å². The van der Waals surface area contributed by atoms with E-state index in [1.54, 1.807) is 13.3 Å². The summed E-state index contributed by atoms with van der Waals surface area (Å²) in [5.41, 5.74) is 1.79. The maximum Gasteiger partial charge on any atom is 0.133 e. The molecule has 0 aliphatic rings. The van der Waals surface area contributed by atoms with E-state index in [0.29, 0.717) is 23.3 Å². The fourth-order valence-corrected chi connectivity index (χ4v) is 4.18. The second-order valence-corrected chi connectivity index (χ2v) is 7.67. The number of halogens is 3. The molecule has 0 fully saturated rings. The summed E-state index contributed by atoms with van der Waals surface area (Å²) in [7, 11) is 1.65. The van der Waals surface area contributed by atoms with Gasteiger partial charge in [-0.15, -0.1) is 0 Å². The topological polar surface area (TPSA) is 46.3 Å². The number of rotatable bonds is 7. The molecule has 0 radical (unpaired) electrons. The van der Waals surface area contributed by atoms with Crippen molar-refractivity contribution < 1.29 is 9.47 Å². The van der Waals surface area contributed by atoms with Gasteiger partial charge in [-0.05, 0) is 58.2 Å². The molecule has 25 heavy (non-hydrogen) atoms. The van der Waals surface area contributed by atoms with Gasteiger partial charge in [-0.2, -0.15) is 0 Å². The van der Waals surface area contributed by atoms with Gasteiger partial charge in [0.25, 0.3) is 0 Å². The Labute approximate surface area is 168 Å². The highest BCUT2D eigenvalue weighted by Crippen LogP contribution is 2.37. The smallest absolute Gasteiger partial charge is 0.133 e. The molecule has 2 aromatic carbocycles. The van der Waals surface area contributed by atoms with E-state index in [4.69, 9.17) is 32.7 Å². The summed E-state index contributed by atoms with van der Waals surface area (Å²) in [6.07, 6.45) is 1.73. The zero-order valence-electron chi connectivity index (χ0n) is 13.2. The first-order valence-electron chi connectivity index (χ1n) is 7.39. The number of benzene rings is 2. The van der Waals surface area contributed by atoms with E-state index in [9.17, 15) is 0 Å². The SMILES string of the molecule is COCCOc1ccc(SNc2ccc(Cl)c3c(Cl)c[nH]c23)cc1Br. The van der Waals surface area contributed by atoms with Crippen LogP contribution in [0.2, 0.25) is 10.0 Å². The van der Waals surface area contributed by atoms with Crippen LogP contribution in [0.15, 0.2) is 45.9 Å². The van der Waals surface area contributed by atoms with Gasteiger partial charge in [0.05, 0.1) is 32.3 Å². The van der Waals surface area contributed by atoms with Crippen molar-refractivity contribution in [2.75, 3.05) is 25.0 Å². The van der Waals surface area contributed by atoms with Crippen molar-refractivity contribution in [3.05, 3.63) is 51.0 Å². The molecule has 1 aromatic heterocycles. The van der Waals surface area contributed by atoms with Crippen LogP contribution in [0, 0.1) is 0 Å². The lowest BCUT2D eigenvalue weighted by Crippen LogP contribution is -2.04.